The SMILES string of the molecule is COC(=O)C[C@H](NS(=O)(=O)c1ccc2c(c1)CCC(=O)N2)c1ccc(Br)cc1. The molecule has 1 heterocycles. The van der Waals surface area contributed by atoms with Crippen molar-refractivity contribution >= 4 is 43.5 Å². The predicted octanol–water partition coefficient (Wildman–Crippen LogP) is 2.92. The number of hydrogen-bond donors (Lipinski definition) is 2. The standard InChI is InChI=1S/C19H19BrN2O5S/c1-27-19(24)11-17(12-2-5-14(20)6-3-12)22-28(25,26)15-7-8-16-13(10-15)4-9-18(23)21-16/h2-3,5-8,10,17,22H,4,9,11H2,1H3,(H,21,23)/t17-/m0/s1. The largest absolute Gasteiger partial charge is 0.469 e. The number of sulfonamides is 1. The fourth-order valence-electron chi connectivity index (χ4n) is 2.95. The molecular weight excluding hydrogens is 448 g/mol. The number of carbonyl (C=O) groups is 2. The highest BCUT2D eigenvalue weighted by atomic mass is 79.9. The van der Waals surface area contributed by atoms with E-state index in [2.05, 4.69) is 26.0 Å². The first kappa shape index (κ1) is 20.5. The number of methoxy groups -OCH3 is 1. The summed E-state index contributed by atoms with van der Waals surface area (Å²) in [5, 5.41) is 2.72. The number of benzene rings is 2. The van der Waals surface area contributed by atoms with Gasteiger partial charge in [-0.1, -0.05) is 28.1 Å². The van der Waals surface area contributed by atoms with E-state index in [0.29, 0.717) is 24.1 Å². The van der Waals surface area contributed by atoms with Crippen molar-refractivity contribution in [2.75, 3.05) is 12.4 Å². The Morgan fingerprint density at radius 3 is 2.61 bits per heavy atom. The smallest absolute Gasteiger partial charge is 0.307 e. The van der Waals surface area contributed by atoms with Crippen LogP contribution in [0.5, 0.6) is 0 Å². The van der Waals surface area contributed by atoms with Crippen LogP contribution in [0.2, 0.25) is 0 Å². The Labute approximate surface area is 171 Å². The van der Waals surface area contributed by atoms with Crippen molar-refractivity contribution in [1.29, 1.82) is 0 Å². The van der Waals surface area contributed by atoms with E-state index in [1.165, 1.54) is 13.2 Å². The second-order valence-corrected chi connectivity index (χ2v) is 9.00. The maximum absolute atomic E-state index is 12.9. The number of rotatable bonds is 6. The molecule has 9 heteroatoms. The molecule has 0 bridgehead atoms. The summed E-state index contributed by atoms with van der Waals surface area (Å²) in [4.78, 5) is 23.4. The minimum absolute atomic E-state index is 0.0781. The molecule has 148 valence electrons. The number of nitrogens with one attached hydrogen (secondary N) is 2. The topological polar surface area (TPSA) is 102 Å². The zero-order chi connectivity index (χ0) is 20.3. The molecule has 7 nitrogen and oxygen atoms in total. The van der Waals surface area contributed by atoms with Crippen LogP contribution in [0.15, 0.2) is 51.8 Å². The molecule has 0 radical (unpaired) electrons. The zero-order valence-corrected chi connectivity index (χ0v) is 17.5. The first-order chi connectivity index (χ1) is 13.3. The second-order valence-electron chi connectivity index (χ2n) is 6.37. The fourth-order valence-corrected chi connectivity index (χ4v) is 4.49. The Balaban J connectivity index is 1.89. The summed E-state index contributed by atoms with van der Waals surface area (Å²) in [6.45, 7) is 0. The molecule has 0 fully saturated rings. The van der Waals surface area contributed by atoms with Gasteiger partial charge >= 0.3 is 5.97 Å². The van der Waals surface area contributed by atoms with E-state index < -0.39 is 22.0 Å². The van der Waals surface area contributed by atoms with Crippen LogP contribution in [-0.2, 0) is 30.8 Å². The predicted molar refractivity (Wildman–Crippen MR) is 107 cm³/mol. The Morgan fingerprint density at radius 1 is 1.21 bits per heavy atom. The van der Waals surface area contributed by atoms with Crippen molar-refractivity contribution in [3.8, 4) is 0 Å². The molecule has 0 aliphatic carbocycles. The minimum atomic E-state index is -3.90. The molecule has 0 saturated carbocycles. The quantitative estimate of drug-likeness (QED) is 0.637. The van der Waals surface area contributed by atoms with Crippen molar-refractivity contribution in [2.45, 2.75) is 30.2 Å². The van der Waals surface area contributed by atoms with Gasteiger partial charge < -0.3 is 10.1 Å². The lowest BCUT2D eigenvalue weighted by molar-refractivity contribution is -0.141. The molecule has 0 aromatic heterocycles. The molecule has 0 saturated heterocycles. The van der Waals surface area contributed by atoms with Crippen LogP contribution in [0.25, 0.3) is 0 Å². The average Bonchev–Trinajstić information content (AvgIpc) is 2.67. The lowest BCUT2D eigenvalue weighted by Crippen LogP contribution is -2.31. The number of esters is 1. The van der Waals surface area contributed by atoms with Gasteiger partial charge in [-0.25, -0.2) is 13.1 Å². The summed E-state index contributed by atoms with van der Waals surface area (Å²) in [6, 6.07) is 10.8. The molecule has 1 aliphatic rings. The van der Waals surface area contributed by atoms with Gasteiger partial charge in [0, 0.05) is 16.6 Å². The van der Waals surface area contributed by atoms with Crippen LogP contribution in [0, 0.1) is 0 Å². The third-order valence-corrected chi connectivity index (χ3v) is 6.45. The van der Waals surface area contributed by atoms with E-state index >= 15 is 0 Å². The van der Waals surface area contributed by atoms with Crippen molar-refractivity contribution in [3.63, 3.8) is 0 Å². The van der Waals surface area contributed by atoms with Crippen LogP contribution in [0.3, 0.4) is 0 Å². The monoisotopic (exact) mass is 466 g/mol. The summed E-state index contributed by atoms with van der Waals surface area (Å²) in [5.74, 6) is -0.613. The number of ether oxygens (including phenoxy) is 1. The number of anilines is 1. The second kappa shape index (κ2) is 8.42. The van der Waals surface area contributed by atoms with Gasteiger partial charge in [0.05, 0.1) is 24.5 Å². The van der Waals surface area contributed by atoms with Gasteiger partial charge in [0.2, 0.25) is 15.9 Å². The summed E-state index contributed by atoms with van der Waals surface area (Å²) in [6.07, 6.45) is 0.648. The number of fused-ring (bicyclic) bond motifs is 1. The number of carbonyl (C=O) groups excluding carboxylic acids is 2. The Bertz CT molecular complexity index is 1010. The molecule has 2 aromatic rings. The lowest BCUT2D eigenvalue weighted by atomic mass is 10.0. The third-order valence-electron chi connectivity index (χ3n) is 4.45. The molecular formula is C19H19BrN2O5S. The maximum Gasteiger partial charge on any atom is 0.307 e. The van der Waals surface area contributed by atoms with Gasteiger partial charge in [-0.3, -0.25) is 9.59 Å². The van der Waals surface area contributed by atoms with Gasteiger partial charge in [-0.2, -0.15) is 0 Å². The first-order valence-corrected chi connectivity index (χ1v) is 10.8. The summed E-state index contributed by atoms with van der Waals surface area (Å²) in [7, 11) is -2.64. The Hall–Kier alpha value is -2.23. The van der Waals surface area contributed by atoms with E-state index in [9.17, 15) is 18.0 Å². The van der Waals surface area contributed by atoms with E-state index in [4.69, 9.17) is 4.74 Å². The van der Waals surface area contributed by atoms with Gasteiger partial charge in [0.1, 0.15) is 0 Å². The Morgan fingerprint density at radius 2 is 1.93 bits per heavy atom. The molecule has 0 spiro atoms. The number of aryl methyl sites for hydroxylation is 1. The van der Waals surface area contributed by atoms with Crippen LogP contribution < -0.4 is 10.0 Å². The third kappa shape index (κ3) is 4.78. The molecule has 3 rings (SSSR count). The number of hydrogen-bond acceptors (Lipinski definition) is 5. The van der Waals surface area contributed by atoms with Crippen molar-refractivity contribution in [1.82, 2.24) is 4.72 Å². The van der Waals surface area contributed by atoms with Gasteiger partial charge in [0.15, 0.2) is 0 Å². The first-order valence-electron chi connectivity index (χ1n) is 8.56. The fraction of sp³-hybridized carbons (Fsp3) is 0.263. The van der Waals surface area contributed by atoms with Crippen molar-refractivity contribution < 1.29 is 22.7 Å². The van der Waals surface area contributed by atoms with Crippen LogP contribution in [0.4, 0.5) is 5.69 Å². The van der Waals surface area contributed by atoms with E-state index in [1.807, 2.05) is 0 Å². The maximum atomic E-state index is 12.9. The van der Waals surface area contributed by atoms with Crippen LogP contribution >= 0.6 is 15.9 Å². The highest BCUT2D eigenvalue weighted by Gasteiger charge is 2.25. The number of halogens is 1. The highest BCUT2D eigenvalue weighted by Crippen LogP contribution is 2.27. The lowest BCUT2D eigenvalue weighted by Gasteiger charge is -2.20. The normalized spacial score (nSPS) is 14.7. The van der Waals surface area contributed by atoms with Gasteiger partial charge in [-0.15, -0.1) is 0 Å². The Kier molecular flexibility index (Phi) is 6.17. The van der Waals surface area contributed by atoms with E-state index in [0.717, 1.165) is 10.0 Å². The zero-order valence-electron chi connectivity index (χ0n) is 15.1. The molecule has 1 aliphatic heterocycles. The highest BCUT2D eigenvalue weighted by molar-refractivity contribution is 9.10. The molecule has 2 aromatic carbocycles. The van der Waals surface area contributed by atoms with Gasteiger partial charge in [0.25, 0.3) is 0 Å². The summed E-state index contributed by atoms with van der Waals surface area (Å²) in [5.41, 5.74) is 2.02. The van der Waals surface area contributed by atoms with Crippen LogP contribution in [-0.4, -0.2) is 27.4 Å². The molecule has 2 N–H and O–H groups in total. The average molecular weight is 467 g/mol. The molecule has 1 atom stereocenters. The molecule has 1 amide bonds. The summed E-state index contributed by atoms with van der Waals surface area (Å²) < 4.78 is 34.0. The van der Waals surface area contributed by atoms with E-state index in [1.54, 1.807) is 36.4 Å². The van der Waals surface area contributed by atoms with E-state index in [-0.39, 0.29) is 17.2 Å². The minimum Gasteiger partial charge on any atom is -0.469 e. The van der Waals surface area contributed by atoms with Crippen molar-refractivity contribution in [3.05, 3.63) is 58.1 Å². The van der Waals surface area contributed by atoms with Crippen molar-refractivity contribution in [2.24, 2.45) is 0 Å². The number of amides is 1. The van der Waals surface area contributed by atoms with Crippen LogP contribution in [0.1, 0.15) is 30.0 Å². The molecule has 0 unspecified atom stereocenters. The molecule has 28 heavy (non-hydrogen) atoms. The van der Waals surface area contributed by atoms with Gasteiger partial charge in [-0.05, 0) is 47.9 Å². The summed E-state index contributed by atoms with van der Waals surface area (Å²) >= 11 is 3.34.